The highest BCUT2D eigenvalue weighted by atomic mass is 32.1. The van der Waals surface area contributed by atoms with E-state index in [4.69, 9.17) is 5.73 Å². The average molecular weight is 277 g/mol. The van der Waals surface area contributed by atoms with Crippen LogP contribution < -0.4 is 11.1 Å². The number of thiazole rings is 1. The maximum Gasteiger partial charge on any atom is 0.257 e. The molecule has 1 aliphatic carbocycles. The Morgan fingerprint density at radius 3 is 2.95 bits per heavy atom. The minimum Gasteiger partial charge on any atom is -0.396 e. The van der Waals surface area contributed by atoms with Gasteiger partial charge in [0, 0.05) is 16.9 Å². The normalized spacial score (nSPS) is 14.4. The molecule has 1 aromatic heterocycles. The molecule has 1 aliphatic rings. The van der Waals surface area contributed by atoms with Gasteiger partial charge in [-0.25, -0.2) is 9.37 Å². The average Bonchev–Trinajstić information content (AvgIpc) is 3.14. The van der Waals surface area contributed by atoms with Crippen LogP contribution in [0.15, 0.2) is 23.6 Å². The number of carbonyl (C=O) groups is 1. The minimum absolute atomic E-state index is 0.0295. The molecule has 1 saturated carbocycles. The molecule has 1 fully saturated rings. The number of nitrogens with one attached hydrogen (secondary N) is 1. The van der Waals surface area contributed by atoms with Crippen LogP contribution in [0.5, 0.6) is 0 Å². The largest absolute Gasteiger partial charge is 0.396 e. The molecule has 1 amide bonds. The number of rotatable bonds is 3. The summed E-state index contributed by atoms with van der Waals surface area (Å²) < 4.78 is 13.3. The van der Waals surface area contributed by atoms with E-state index in [2.05, 4.69) is 10.3 Å². The lowest BCUT2D eigenvalue weighted by molar-refractivity contribution is 0.102. The number of aromatic nitrogens is 1. The smallest absolute Gasteiger partial charge is 0.257 e. The third-order valence-corrected chi connectivity index (χ3v) is 3.78. The van der Waals surface area contributed by atoms with Gasteiger partial charge in [-0.2, -0.15) is 0 Å². The van der Waals surface area contributed by atoms with E-state index in [1.807, 2.05) is 5.38 Å². The standard InChI is InChI=1S/C13H12FN3OS/c14-9-5-8(3-4-10(9)15)12(18)17-13-16-11(6-19-13)7-1-2-7/h3-7H,1-2,15H2,(H,16,17,18). The molecule has 4 nitrogen and oxygen atoms in total. The third-order valence-electron chi connectivity index (χ3n) is 3.00. The zero-order valence-electron chi connectivity index (χ0n) is 10.0. The minimum atomic E-state index is -0.592. The summed E-state index contributed by atoms with van der Waals surface area (Å²) in [7, 11) is 0. The second kappa shape index (κ2) is 4.62. The van der Waals surface area contributed by atoms with Gasteiger partial charge in [0.25, 0.3) is 5.91 Å². The summed E-state index contributed by atoms with van der Waals surface area (Å²) in [5.74, 6) is -0.420. The van der Waals surface area contributed by atoms with Crippen molar-refractivity contribution in [2.75, 3.05) is 11.1 Å². The first-order valence-electron chi connectivity index (χ1n) is 5.95. The molecule has 0 saturated heterocycles. The molecular weight excluding hydrogens is 265 g/mol. The van der Waals surface area contributed by atoms with Crippen molar-refractivity contribution in [2.45, 2.75) is 18.8 Å². The Kier molecular flexibility index (Phi) is 2.94. The number of halogens is 1. The molecular formula is C13H12FN3OS. The molecule has 6 heteroatoms. The Labute approximate surface area is 113 Å². The summed E-state index contributed by atoms with van der Waals surface area (Å²) in [6.45, 7) is 0. The summed E-state index contributed by atoms with van der Waals surface area (Å²) in [6.07, 6.45) is 2.33. The number of benzene rings is 1. The fraction of sp³-hybridized carbons (Fsp3) is 0.231. The van der Waals surface area contributed by atoms with Crippen LogP contribution in [0.2, 0.25) is 0 Å². The highest BCUT2D eigenvalue weighted by molar-refractivity contribution is 7.14. The summed E-state index contributed by atoms with van der Waals surface area (Å²) in [5.41, 5.74) is 6.66. The van der Waals surface area contributed by atoms with Crippen LogP contribution in [0.25, 0.3) is 0 Å². The van der Waals surface area contributed by atoms with Gasteiger partial charge in [0.2, 0.25) is 0 Å². The van der Waals surface area contributed by atoms with Crippen molar-refractivity contribution in [1.29, 1.82) is 0 Å². The van der Waals surface area contributed by atoms with Gasteiger partial charge < -0.3 is 5.73 Å². The van der Waals surface area contributed by atoms with Gasteiger partial charge in [0.15, 0.2) is 5.13 Å². The van der Waals surface area contributed by atoms with Gasteiger partial charge in [-0.15, -0.1) is 11.3 Å². The molecule has 2 aromatic rings. The highest BCUT2D eigenvalue weighted by Crippen LogP contribution is 2.40. The first-order valence-corrected chi connectivity index (χ1v) is 6.83. The molecule has 0 radical (unpaired) electrons. The Hall–Kier alpha value is -1.95. The quantitative estimate of drug-likeness (QED) is 0.847. The lowest BCUT2D eigenvalue weighted by atomic mass is 10.2. The summed E-state index contributed by atoms with van der Waals surface area (Å²) in [6, 6.07) is 3.99. The third kappa shape index (κ3) is 2.58. The van der Waals surface area contributed by atoms with Crippen LogP contribution in [-0.4, -0.2) is 10.9 Å². The van der Waals surface area contributed by atoms with E-state index in [1.165, 1.54) is 36.3 Å². The molecule has 0 aliphatic heterocycles. The second-order valence-electron chi connectivity index (χ2n) is 4.54. The van der Waals surface area contributed by atoms with E-state index >= 15 is 0 Å². The number of nitrogens with zero attached hydrogens (tertiary/aromatic N) is 1. The van der Waals surface area contributed by atoms with E-state index in [1.54, 1.807) is 0 Å². The summed E-state index contributed by atoms with van der Waals surface area (Å²) >= 11 is 1.39. The molecule has 0 bridgehead atoms. The van der Waals surface area contributed by atoms with Crippen LogP contribution in [0, 0.1) is 5.82 Å². The topological polar surface area (TPSA) is 68.0 Å². The Morgan fingerprint density at radius 2 is 2.26 bits per heavy atom. The number of amides is 1. The zero-order valence-corrected chi connectivity index (χ0v) is 10.8. The molecule has 1 aromatic carbocycles. The number of hydrogen-bond donors (Lipinski definition) is 2. The maximum atomic E-state index is 13.3. The molecule has 1 heterocycles. The van der Waals surface area contributed by atoms with Gasteiger partial charge >= 0.3 is 0 Å². The Morgan fingerprint density at radius 1 is 1.47 bits per heavy atom. The SMILES string of the molecule is Nc1ccc(C(=O)Nc2nc(C3CC3)cs2)cc1F. The van der Waals surface area contributed by atoms with Gasteiger partial charge in [0.05, 0.1) is 11.4 Å². The van der Waals surface area contributed by atoms with Crippen LogP contribution >= 0.6 is 11.3 Å². The summed E-state index contributed by atoms with van der Waals surface area (Å²) in [5, 5.41) is 5.17. The van der Waals surface area contributed by atoms with Crippen molar-refractivity contribution in [3.05, 3.63) is 40.7 Å². The first-order chi connectivity index (χ1) is 9.13. The van der Waals surface area contributed by atoms with E-state index in [9.17, 15) is 9.18 Å². The molecule has 0 unspecified atom stereocenters. The van der Waals surface area contributed by atoms with Crippen LogP contribution in [0.1, 0.15) is 34.8 Å². The van der Waals surface area contributed by atoms with Gasteiger partial charge in [0.1, 0.15) is 5.82 Å². The summed E-state index contributed by atoms with van der Waals surface area (Å²) in [4.78, 5) is 16.3. The van der Waals surface area contributed by atoms with E-state index in [0.29, 0.717) is 11.0 Å². The van der Waals surface area contributed by atoms with Gasteiger partial charge in [-0.3, -0.25) is 10.1 Å². The number of nitrogen functional groups attached to an aromatic ring is 1. The molecule has 0 spiro atoms. The van der Waals surface area contributed by atoms with E-state index in [-0.39, 0.29) is 17.2 Å². The van der Waals surface area contributed by atoms with Crippen molar-refractivity contribution in [2.24, 2.45) is 0 Å². The lowest BCUT2D eigenvalue weighted by Crippen LogP contribution is -2.12. The Bertz CT molecular complexity index is 637. The first kappa shape index (κ1) is 12.1. The van der Waals surface area contributed by atoms with Crippen LogP contribution in [-0.2, 0) is 0 Å². The molecule has 3 N–H and O–H groups in total. The van der Waals surface area contributed by atoms with Crippen LogP contribution in [0.3, 0.4) is 0 Å². The zero-order chi connectivity index (χ0) is 13.4. The molecule has 19 heavy (non-hydrogen) atoms. The van der Waals surface area contributed by atoms with Crippen molar-refractivity contribution in [1.82, 2.24) is 4.98 Å². The predicted octanol–water partition coefficient (Wildman–Crippen LogP) is 2.99. The monoisotopic (exact) mass is 277 g/mol. The predicted molar refractivity (Wildman–Crippen MR) is 72.9 cm³/mol. The number of nitrogens with two attached hydrogens (primary N) is 1. The maximum absolute atomic E-state index is 13.3. The highest BCUT2D eigenvalue weighted by Gasteiger charge is 2.26. The van der Waals surface area contributed by atoms with E-state index in [0.717, 1.165) is 11.8 Å². The molecule has 0 atom stereocenters. The molecule has 3 rings (SSSR count). The second-order valence-corrected chi connectivity index (χ2v) is 5.40. The lowest BCUT2D eigenvalue weighted by Gasteiger charge is -2.03. The van der Waals surface area contributed by atoms with E-state index < -0.39 is 5.82 Å². The van der Waals surface area contributed by atoms with Gasteiger partial charge in [-0.05, 0) is 31.0 Å². The number of hydrogen-bond acceptors (Lipinski definition) is 4. The number of carbonyl (C=O) groups excluding carboxylic acids is 1. The van der Waals surface area contributed by atoms with Gasteiger partial charge in [-0.1, -0.05) is 0 Å². The molecule has 98 valence electrons. The van der Waals surface area contributed by atoms with Crippen molar-refractivity contribution in [3.8, 4) is 0 Å². The number of anilines is 2. The Balaban J connectivity index is 1.74. The van der Waals surface area contributed by atoms with Crippen molar-refractivity contribution < 1.29 is 9.18 Å². The van der Waals surface area contributed by atoms with Crippen LogP contribution in [0.4, 0.5) is 15.2 Å². The fourth-order valence-electron chi connectivity index (χ4n) is 1.75. The van der Waals surface area contributed by atoms with Crippen molar-refractivity contribution >= 4 is 28.1 Å². The van der Waals surface area contributed by atoms with Crippen molar-refractivity contribution in [3.63, 3.8) is 0 Å². The fourth-order valence-corrected chi connectivity index (χ4v) is 2.54.